The quantitative estimate of drug-likeness (QED) is 0.699. The molecule has 1 aromatic carbocycles. The summed E-state index contributed by atoms with van der Waals surface area (Å²) in [6.45, 7) is 6.69. The molecule has 0 bridgehead atoms. The molecule has 0 spiro atoms. The van der Waals surface area contributed by atoms with Crippen molar-refractivity contribution in [1.29, 1.82) is 5.26 Å². The molecule has 0 fully saturated rings. The zero-order chi connectivity index (χ0) is 14.3. The maximum absolute atomic E-state index is 12.3. The third kappa shape index (κ3) is 4.75. The predicted octanol–water partition coefficient (Wildman–Crippen LogP) is 3.84. The van der Waals surface area contributed by atoms with Gasteiger partial charge in [-0.3, -0.25) is 4.79 Å². The Bertz CT molecular complexity index is 460. The summed E-state index contributed by atoms with van der Waals surface area (Å²) in [6, 6.07) is 9.19. The van der Waals surface area contributed by atoms with Gasteiger partial charge in [0.15, 0.2) is 5.78 Å². The second kappa shape index (κ2) is 7.58. The highest BCUT2D eigenvalue weighted by Crippen LogP contribution is 2.20. The molecule has 1 rings (SSSR count). The van der Waals surface area contributed by atoms with Crippen LogP contribution in [-0.4, -0.2) is 12.4 Å². The molecule has 0 amide bonds. The molecular weight excluding hydrogens is 238 g/mol. The van der Waals surface area contributed by atoms with Gasteiger partial charge in [0.1, 0.15) is 11.7 Å². The Labute approximate surface area is 115 Å². The summed E-state index contributed by atoms with van der Waals surface area (Å²) in [5.74, 6) is 0.335. The monoisotopic (exact) mass is 259 g/mol. The number of benzene rings is 1. The maximum atomic E-state index is 12.3. The van der Waals surface area contributed by atoms with E-state index in [1.165, 1.54) is 0 Å². The minimum absolute atomic E-state index is 0.113. The van der Waals surface area contributed by atoms with E-state index in [9.17, 15) is 4.79 Å². The van der Waals surface area contributed by atoms with E-state index in [4.69, 9.17) is 10.00 Å². The molecule has 0 aliphatic rings. The third-order valence-corrected chi connectivity index (χ3v) is 2.77. The van der Waals surface area contributed by atoms with Gasteiger partial charge >= 0.3 is 0 Å². The van der Waals surface area contributed by atoms with Gasteiger partial charge in [0.2, 0.25) is 0 Å². The molecule has 1 atom stereocenters. The van der Waals surface area contributed by atoms with E-state index < -0.39 is 5.92 Å². The third-order valence-electron chi connectivity index (χ3n) is 2.77. The van der Waals surface area contributed by atoms with Crippen molar-refractivity contribution in [3.63, 3.8) is 0 Å². The fraction of sp³-hybridized carbons (Fsp3) is 0.500. The maximum Gasteiger partial charge on any atom is 0.180 e. The van der Waals surface area contributed by atoms with Crippen LogP contribution in [0.5, 0.6) is 5.75 Å². The number of Topliss-reactive ketones (excluding diaryl/α,β-unsaturated/α-hetero) is 1. The van der Waals surface area contributed by atoms with Gasteiger partial charge in [-0.25, -0.2) is 0 Å². The van der Waals surface area contributed by atoms with Crippen LogP contribution in [0.15, 0.2) is 24.3 Å². The molecule has 0 heterocycles. The normalized spacial score (nSPS) is 11.9. The zero-order valence-electron chi connectivity index (χ0n) is 11.8. The molecule has 0 saturated heterocycles. The lowest BCUT2D eigenvalue weighted by Gasteiger charge is -2.11. The second-order valence-electron chi connectivity index (χ2n) is 5.05. The Morgan fingerprint density at radius 1 is 1.42 bits per heavy atom. The van der Waals surface area contributed by atoms with E-state index in [0.717, 1.165) is 6.42 Å². The first-order valence-corrected chi connectivity index (χ1v) is 6.75. The minimum Gasteiger partial charge on any atom is -0.494 e. The first-order chi connectivity index (χ1) is 9.08. The van der Waals surface area contributed by atoms with E-state index in [-0.39, 0.29) is 5.78 Å². The number of rotatable bonds is 7. The topological polar surface area (TPSA) is 50.1 Å². The number of nitriles is 1. The van der Waals surface area contributed by atoms with Crippen molar-refractivity contribution in [2.75, 3.05) is 6.61 Å². The first-order valence-electron chi connectivity index (χ1n) is 6.75. The van der Waals surface area contributed by atoms with Crippen molar-refractivity contribution < 1.29 is 9.53 Å². The second-order valence-corrected chi connectivity index (χ2v) is 5.05. The van der Waals surface area contributed by atoms with Crippen molar-refractivity contribution in [1.82, 2.24) is 0 Å². The Morgan fingerprint density at radius 3 is 2.74 bits per heavy atom. The van der Waals surface area contributed by atoms with Gasteiger partial charge in [-0.05, 0) is 30.9 Å². The fourth-order valence-electron chi connectivity index (χ4n) is 1.85. The summed E-state index contributed by atoms with van der Waals surface area (Å²) in [6.07, 6.45) is 1.52. The fourth-order valence-corrected chi connectivity index (χ4v) is 1.85. The molecule has 1 unspecified atom stereocenters. The zero-order valence-corrected chi connectivity index (χ0v) is 11.8. The van der Waals surface area contributed by atoms with E-state index >= 15 is 0 Å². The van der Waals surface area contributed by atoms with Crippen molar-refractivity contribution in [3.8, 4) is 11.8 Å². The Morgan fingerprint density at radius 2 is 2.16 bits per heavy atom. The van der Waals surface area contributed by atoms with Crippen molar-refractivity contribution in [3.05, 3.63) is 29.8 Å². The van der Waals surface area contributed by atoms with Crippen LogP contribution in [0.1, 0.15) is 44.0 Å². The van der Waals surface area contributed by atoms with Gasteiger partial charge in [0.05, 0.1) is 12.7 Å². The van der Waals surface area contributed by atoms with E-state index in [1.54, 1.807) is 18.2 Å². The summed E-state index contributed by atoms with van der Waals surface area (Å²) in [5, 5.41) is 9.12. The number of ether oxygens (including phenoxy) is 1. The van der Waals surface area contributed by atoms with E-state index in [1.807, 2.05) is 26.8 Å². The van der Waals surface area contributed by atoms with Gasteiger partial charge in [0.25, 0.3) is 0 Å². The smallest absolute Gasteiger partial charge is 0.180 e. The van der Waals surface area contributed by atoms with Crippen LogP contribution >= 0.6 is 0 Å². The van der Waals surface area contributed by atoms with Crippen LogP contribution < -0.4 is 4.74 Å². The standard InChI is InChI=1S/C16H21NO2/c1-4-8-19-15-7-5-6-13(10-15)16(18)14(11-17)9-12(2)3/h5-7,10,12,14H,4,8-9H2,1-3H3. The molecule has 3 heteroatoms. The summed E-state index contributed by atoms with van der Waals surface area (Å²) >= 11 is 0. The molecule has 0 saturated carbocycles. The number of hydrogen-bond acceptors (Lipinski definition) is 3. The number of nitrogens with zero attached hydrogens (tertiary/aromatic N) is 1. The molecule has 0 aliphatic heterocycles. The summed E-state index contributed by atoms with van der Waals surface area (Å²) in [4.78, 5) is 12.3. The molecule has 0 aromatic heterocycles. The highest BCUT2D eigenvalue weighted by atomic mass is 16.5. The van der Waals surface area contributed by atoms with Gasteiger partial charge < -0.3 is 4.74 Å². The lowest BCUT2D eigenvalue weighted by Crippen LogP contribution is -2.15. The molecule has 19 heavy (non-hydrogen) atoms. The molecule has 3 nitrogen and oxygen atoms in total. The van der Waals surface area contributed by atoms with Crippen LogP contribution in [0.3, 0.4) is 0 Å². The predicted molar refractivity (Wildman–Crippen MR) is 75.1 cm³/mol. The number of hydrogen-bond donors (Lipinski definition) is 0. The molecule has 0 aliphatic carbocycles. The van der Waals surface area contributed by atoms with Crippen LogP contribution in [0, 0.1) is 23.2 Å². The van der Waals surface area contributed by atoms with Crippen molar-refractivity contribution in [2.24, 2.45) is 11.8 Å². The average molecular weight is 259 g/mol. The van der Waals surface area contributed by atoms with Gasteiger partial charge in [0, 0.05) is 5.56 Å². The largest absolute Gasteiger partial charge is 0.494 e. The summed E-state index contributed by atoms with van der Waals surface area (Å²) in [5.41, 5.74) is 0.556. The lowest BCUT2D eigenvalue weighted by molar-refractivity contribution is 0.0936. The number of ketones is 1. The Kier molecular flexibility index (Phi) is 6.08. The Balaban J connectivity index is 2.83. The minimum atomic E-state index is -0.568. The van der Waals surface area contributed by atoms with E-state index in [2.05, 4.69) is 6.07 Å². The number of carbonyl (C=O) groups excluding carboxylic acids is 1. The Hall–Kier alpha value is -1.82. The molecule has 102 valence electrons. The average Bonchev–Trinajstić information content (AvgIpc) is 2.41. The first kappa shape index (κ1) is 15.2. The molecule has 0 N–H and O–H groups in total. The van der Waals surface area contributed by atoms with Crippen LogP contribution in [0.2, 0.25) is 0 Å². The molecular formula is C16H21NO2. The van der Waals surface area contributed by atoms with Crippen LogP contribution in [0.4, 0.5) is 0 Å². The lowest BCUT2D eigenvalue weighted by atomic mass is 9.91. The van der Waals surface area contributed by atoms with Gasteiger partial charge in [-0.15, -0.1) is 0 Å². The van der Waals surface area contributed by atoms with E-state index in [0.29, 0.717) is 30.3 Å². The van der Waals surface area contributed by atoms with Gasteiger partial charge in [-0.1, -0.05) is 32.9 Å². The molecule has 1 aromatic rings. The number of carbonyl (C=O) groups is 1. The highest BCUT2D eigenvalue weighted by Gasteiger charge is 2.21. The summed E-state index contributed by atoms with van der Waals surface area (Å²) < 4.78 is 5.51. The van der Waals surface area contributed by atoms with Crippen LogP contribution in [0.25, 0.3) is 0 Å². The van der Waals surface area contributed by atoms with Crippen LogP contribution in [-0.2, 0) is 0 Å². The van der Waals surface area contributed by atoms with Crippen molar-refractivity contribution >= 4 is 5.78 Å². The SMILES string of the molecule is CCCOc1cccc(C(=O)C(C#N)CC(C)C)c1. The van der Waals surface area contributed by atoms with Crippen molar-refractivity contribution in [2.45, 2.75) is 33.6 Å². The van der Waals surface area contributed by atoms with Gasteiger partial charge in [-0.2, -0.15) is 5.26 Å². The molecule has 0 radical (unpaired) electrons. The summed E-state index contributed by atoms with van der Waals surface area (Å²) in [7, 11) is 0. The highest BCUT2D eigenvalue weighted by molar-refractivity contribution is 5.99.